The van der Waals surface area contributed by atoms with Crippen LogP contribution in [0.3, 0.4) is 0 Å². The van der Waals surface area contributed by atoms with E-state index in [2.05, 4.69) is 9.88 Å². The fourth-order valence-corrected chi connectivity index (χ4v) is 6.59. The van der Waals surface area contributed by atoms with Gasteiger partial charge in [0.15, 0.2) is 9.84 Å². The number of aromatic nitrogens is 1. The summed E-state index contributed by atoms with van der Waals surface area (Å²) >= 11 is 0. The average Bonchev–Trinajstić information content (AvgIpc) is 3.41. The quantitative estimate of drug-likeness (QED) is 0.802. The van der Waals surface area contributed by atoms with E-state index in [1.165, 1.54) is 12.8 Å². The number of rotatable bonds is 3. The van der Waals surface area contributed by atoms with Crippen LogP contribution in [-0.2, 0) is 9.84 Å². The summed E-state index contributed by atoms with van der Waals surface area (Å²) in [6, 6.07) is 8.97. The van der Waals surface area contributed by atoms with Crippen molar-refractivity contribution in [3.05, 3.63) is 42.1 Å². The van der Waals surface area contributed by atoms with E-state index in [0.29, 0.717) is 18.0 Å². The molecule has 1 aromatic carbocycles. The third-order valence-electron chi connectivity index (χ3n) is 6.12. The summed E-state index contributed by atoms with van der Waals surface area (Å²) in [6.07, 6.45) is 4.20. The molecule has 27 heavy (non-hydrogen) atoms. The first-order chi connectivity index (χ1) is 13.0. The highest BCUT2D eigenvalue weighted by Crippen LogP contribution is 2.35. The first kappa shape index (κ1) is 17.1. The molecular formula is C20H23N3O3S. The third kappa shape index (κ3) is 3.12. The van der Waals surface area contributed by atoms with Gasteiger partial charge in [-0.1, -0.05) is 12.1 Å². The summed E-state index contributed by atoms with van der Waals surface area (Å²) in [7, 11) is -3.12. The van der Waals surface area contributed by atoms with Gasteiger partial charge in [0.25, 0.3) is 5.91 Å². The van der Waals surface area contributed by atoms with Crippen molar-refractivity contribution in [2.75, 3.05) is 31.1 Å². The maximum absolute atomic E-state index is 13.4. The van der Waals surface area contributed by atoms with Crippen LogP contribution in [0.2, 0.25) is 0 Å². The van der Waals surface area contributed by atoms with Crippen molar-refractivity contribution >= 4 is 26.6 Å². The van der Waals surface area contributed by atoms with Gasteiger partial charge in [-0.2, -0.15) is 0 Å². The lowest BCUT2D eigenvalue weighted by Crippen LogP contribution is -2.60. The minimum absolute atomic E-state index is 0.0681. The lowest BCUT2D eigenvalue weighted by atomic mass is 10.0. The lowest BCUT2D eigenvalue weighted by Gasteiger charge is -2.44. The average molecular weight is 385 g/mol. The van der Waals surface area contributed by atoms with Crippen LogP contribution in [0.1, 0.15) is 23.2 Å². The van der Waals surface area contributed by atoms with E-state index >= 15 is 0 Å². The number of sulfone groups is 1. The van der Waals surface area contributed by atoms with Crippen molar-refractivity contribution < 1.29 is 13.2 Å². The van der Waals surface area contributed by atoms with Crippen LogP contribution in [-0.4, -0.2) is 72.3 Å². The Bertz CT molecular complexity index is 997. The minimum Gasteiger partial charge on any atom is -0.332 e. The van der Waals surface area contributed by atoms with Crippen LogP contribution < -0.4 is 0 Å². The number of amides is 1. The van der Waals surface area contributed by atoms with Crippen molar-refractivity contribution in [2.24, 2.45) is 5.92 Å². The Kier molecular flexibility index (Phi) is 3.98. The van der Waals surface area contributed by atoms with Crippen LogP contribution in [0.5, 0.6) is 0 Å². The second-order valence-corrected chi connectivity index (χ2v) is 10.2. The van der Waals surface area contributed by atoms with Crippen molar-refractivity contribution in [3.8, 4) is 0 Å². The molecule has 0 radical (unpaired) electrons. The number of carbonyl (C=O) groups excluding carboxylic acids is 1. The molecule has 142 valence electrons. The molecule has 3 fully saturated rings. The zero-order chi connectivity index (χ0) is 18.6. The van der Waals surface area contributed by atoms with Gasteiger partial charge in [0.1, 0.15) is 0 Å². The van der Waals surface area contributed by atoms with Crippen LogP contribution >= 0.6 is 0 Å². The molecule has 7 heteroatoms. The molecule has 1 aromatic heterocycles. The fraction of sp³-hybridized carbons (Fsp3) is 0.500. The second kappa shape index (κ2) is 6.27. The van der Waals surface area contributed by atoms with Crippen molar-refractivity contribution in [1.29, 1.82) is 0 Å². The van der Waals surface area contributed by atoms with Gasteiger partial charge in [-0.3, -0.25) is 14.7 Å². The van der Waals surface area contributed by atoms with Crippen molar-refractivity contribution in [3.63, 3.8) is 0 Å². The van der Waals surface area contributed by atoms with E-state index in [1.807, 2.05) is 30.3 Å². The highest BCUT2D eigenvalue weighted by atomic mass is 32.2. The predicted octanol–water partition coefficient (Wildman–Crippen LogP) is 1.57. The third-order valence-corrected chi connectivity index (χ3v) is 7.82. The molecule has 0 N–H and O–H groups in total. The van der Waals surface area contributed by atoms with E-state index in [9.17, 15) is 13.2 Å². The highest BCUT2D eigenvalue weighted by molar-refractivity contribution is 7.91. The van der Waals surface area contributed by atoms with Gasteiger partial charge in [0, 0.05) is 42.8 Å². The topological polar surface area (TPSA) is 70.6 Å². The number of pyridine rings is 1. The number of nitrogens with zero attached hydrogens (tertiary/aromatic N) is 3. The number of carbonyl (C=O) groups is 1. The van der Waals surface area contributed by atoms with Gasteiger partial charge in [0.2, 0.25) is 0 Å². The monoisotopic (exact) mass is 385 g/mol. The summed E-state index contributed by atoms with van der Waals surface area (Å²) in [5.41, 5.74) is 1.39. The molecule has 5 rings (SSSR count). The number of fused-ring (bicyclic) bond motifs is 2. The summed E-state index contributed by atoms with van der Waals surface area (Å²) in [6.45, 7) is 2.30. The Balaban J connectivity index is 1.48. The van der Waals surface area contributed by atoms with Gasteiger partial charge >= 0.3 is 0 Å². The number of hydrogen-bond acceptors (Lipinski definition) is 5. The van der Waals surface area contributed by atoms with E-state index in [0.717, 1.165) is 24.0 Å². The zero-order valence-corrected chi connectivity index (χ0v) is 15.9. The van der Waals surface area contributed by atoms with Gasteiger partial charge in [0.05, 0.1) is 23.1 Å². The van der Waals surface area contributed by atoms with Crippen LogP contribution in [0.15, 0.2) is 36.5 Å². The molecule has 2 saturated heterocycles. The zero-order valence-electron chi connectivity index (χ0n) is 15.1. The minimum atomic E-state index is -3.12. The van der Waals surface area contributed by atoms with Crippen LogP contribution in [0, 0.1) is 5.92 Å². The maximum Gasteiger partial charge on any atom is 0.254 e. The van der Waals surface area contributed by atoms with Gasteiger partial charge in [-0.05, 0) is 37.0 Å². The van der Waals surface area contributed by atoms with E-state index < -0.39 is 9.84 Å². The molecule has 0 unspecified atom stereocenters. The van der Waals surface area contributed by atoms with E-state index in [-0.39, 0.29) is 29.5 Å². The summed E-state index contributed by atoms with van der Waals surface area (Å²) < 4.78 is 24.8. The van der Waals surface area contributed by atoms with Crippen molar-refractivity contribution in [2.45, 2.75) is 24.9 Å². The normalized spacial score (nSPS) is 27.6. The molecule has 2 atom stereocenters. The molecule has 6 nitrogen and oxygen atoms in total. The van der Waals surface area contributed by atoms with E-state index in [4.69, 9.17) is 0 Å². The smallest absolute Gasteiger partial charge is 0.254 e. The molecule has 0 bridgehead atoms. The van der Waals surface area contributed by atoms with Gasteiger partial charge in [-0.25, -0.2) is 8.42 Å². The van der Waals surface area contributed by atoms with Crippen molar-refractivity contribution in [1.82, 2.24) is 14.8 Å². The largest absolute Gasteiger partial charge is 0.332 e. The lowest BCUT2D eigenvalue weighted by molar-refractivity contribution is 0.0319. The predicted molar refractivity (Wildman–Crippen MR) is 103 cm³/mol. The summed E-state index contributed by atoms with van der Waals surface area (Å²) in [5.74, 6) is 0.880. The summed E-state index contributed by atoms with van der Waals surface area (Å²) in [4.78, 5) is 21.9. The molecule has 3 aliphatic rings. The Morgan fingerprint density at radius 3 is 2.70 bits per heavy atom. The molecule has 1 saturated carbocycles. The number of hydrogen-bond donors (Lipinski definition) is 0. The molecular weight excluding hydrogens is 362 g/mol. The molecule has 0 spiro atoms. The maximum atomic E-state index is 13.4. The highest BCUT2D eigenvalue weighted by Gasteiger charge is 2.48. The molecule has 3 heterocycles. The Hall–Kier alpha value is -1.99. The SMILES string of the molecule is O=C(c1cccc2ncccc12)N1CCN(CC2CC2)[C@@H]2CS(=O)(=O)C[C@@H]21. The standard InChI is InChI=1S/C20H23N3O3S/c24-20(16-3-1-5-17-15(16)4-2-8-21-17)23-10-9-22(11-14-6-7-14)18-12-27(25,26)13-19(18)23/h1-5,8,14,18-19H,6-7,9-13H2/t18-,19+/m1/s1. The molecule has 2 aromatic rings. The molecule has 1 amide bonds. The second-order valence-electron chi connectivity index (χ2n) is 8.02. The van der Waals surface area contributed by atoms with Crippen LogP contribution in [0.25, 0.3) is 10.9 Å². The number of piperazine rings is 1. The van der Waals surface area contributed by atoms with Gasteiger partial charge in [-0.15, -0.1) is 0 Å². The van der Waals surface area contributed by atoms with Crippen LogP contribution in [0.4, 0.5) is 0 Å². The molecule has 1 aliphatic carbocycles. The Morgan fingerprint density at radius 1 is 1.07 bits per heavy atom. The first-order valence-corrected chi connectivity index (χ1v) is 11.4. The number of benzene rings is 1. The van der Waals surface area contributed by atoms with E-state index in [1.54, 1.807) is 11.1 Å². The van der Waals surface area contributed by atoms with Gasteiger partial charge < -0.3 is 4.90 Å². The fourth-order valence-electron chi connectivity index (χ4n) is 4.58. The molecule has 2 aliphatic heterocycles. The summed E-state index contributed by atoms with van der Waals surface area (Å²) in [5, 5.41) is 0.822. The Morgan fingerprint density at radius 2 is 1.89 bits per heavy atom. The first-order valence-electron chi connectivity index (χ1n) is 9.61. The Labute approximate surface area is 159 Å².